The number of carboxylic acid groups (broad SMARTS) is 1. The number of aliphatic hydroxyl groups excluding tert-OH is 1. The zero-order valence-corrected chi connectivity index (χ0v) is 9.74. The highest BCUT2D eigenvalue weighted by atomic mass is 16.4. The Bertz CT molecular complexity index is 193. The molecule has 0 saturated carbocycles. The molecular formula is C11H22O3. The largest absolute Gasteiger partial charge is 0.481 e. The molecule has 3 heteroatoms. The van der Waals surface area contributed by atoms with Gasteiger partial charge in [-0.3, -0.25) is 4.79 Å². The van der Waals surface area contributed by atoms with E-state index in [1.807, 2.05) is 20.8 Å². The van der Waals surface area contributed by atoms with Crippen LogP contribution in [0.4, 0.5) is 0 Å². The molecule has 0 rings (SSSR count). The number of hydrogen-bond acceptors (Lipinski definition) is 2. The number of rotatable bonds is 4. The lowest BCUT2D eigenvalue weighted by molar-refractivity contribution is -0.144. The third-order valence-electron chi connectivity index (χ3n) is 2.61. The molecule has 0 radical (unpaired) electrons. The third-order valence-corrected chi connectivity index (χ3v) is 2.61. The van der Waals surface area contributed by atoms with Crippen molar-refractivity contribution >= 4 is 5.97 Å². The summed E-state index contributed by atoms with van der Waals surface area (Å²) >= 11 is 0. The average Bonchev–Trinajstić information content (AvgIpc) is 1.98. The van der Waals surface area contributed by atoms with E-state index in [4.69, 9.17) is 5.11 Å². The second-order valence-corrected chi connectivity index (χ2v) is 5.32. The van der Waals surface area contributed by atoms with Gasteiger partial charge in [-0.1, -0.05) is 34.6 Å². The third kappa shape index (κ3) is 4.61. The maximum absolute atomic E-state index is 10.7. The van der Waals surface area contributed by atoms with E-state index in [1.54, 1.807) is 13.8 Å². The summed E-state index contributed by atoms with van der Waals surface area (Å²) in [5, 5.41) is 18.6. The van der Waals surface area contributed by atoms with Gasteiger partial charge >= 0.3 is 5.97 Å². The highest BCUT2D eigenvalue weighted by molar-refractivity contribution is 5.69. The van der Waals surface area contributed by atoms with Crippen LogP contribution in [0.5, 0.6) is 0 Å². The highest BCUT2D eigenvalue weighted by Gasteiger charge is 2.28. The normalized spacial score (nSPS) is 18.7. The quantitative estimate of drug-likeness (QED) is 0.734. The minimum atomic E-state index is -0.842. The van der Waals surface area contributed by atoms with Crippen LogP contribution in [-0.4, -0.2) is 22.3 Å². The lowest BCUT2D eigenvalue weighted by atomic mass is 9.81. The van der Waals surface area contributed by atoms with Gasteiger partial charge in [0.2, 0.25) is 0 Å². The molecule has 3 atom stereocenters. The number of carboxylic acids is 1. The van der Waals surface area contributed by atoms with Crippen molar-refractivity contribution in [3.63, 3.8) is 0 Å². The van der Waals surface area contributed by atoms with Crippen LogP contribution in [0.15, 0.2) is 0 Å². The molecule has 0 aromatic rings. The van der Waals surface area contributed by atoms with Gasteiger partial charge in [-0.2, -0.15) is 0 Å². The molecule has 0 aliphatic carbocycles. The van der Waals surface area contributed by atoms with E-state index in [0.717, 1.165) is 0 Å². The Labute approximate surface area is 86.1 Å². The average molecular weight is 202 g/mol. The first kappa shape index (κ1) is 13.4. The summed E-state index contributed by atoms with van der Waals surface area (Å²) in [4.78, 5) is 10.7. The van der Waals surface area contributed by atoms with Crippen LogP contribution in [0.2, 0.25) is 0 Å². The van der Waals surface area contributed by atoms with Gasteiger partial charge in [0.15, 0.2) is 0 Å². The maximum Gasteiger partial charge on any atom is 0.306 e. The van der Waals surface area contributed by atoms with Crippen LogP contribution < -0.4 is 0 Å². The second-order valence-electron chi connectivity index (χ2n) is 5.32. The van der Waals surface area contributed by atoms with Crippen molar-refractivity contribution in [2.45, 2.75) is 47.1 Å². The zero-order chi connectivity index (χ0) is 11.5. The van der Waals surface area contributed by atoms with Crippen LogP contribution in [0, 0.1) is 17.3 Å². The topological polar surface area (TPSA) is 57.5 Å². The maximum atomic E-state index is 10.7. The van der Waals surface area contributed by atoms with E-state index in [9.17, 15) is 9.90 Å². The van der Waals surface area contributed by atoms with E-state index in [-0.39, 0.29) is 11.3 Å². The van der Waals surface area contributed by atoms with Crippen molar-refractivity contribution < 1.29 is 15.0 Å². The van der Waals surface area contributed by atoms with Crippen molar-refractivity contribution in [1.29, 1.82) is 0 Å². The molecule has 0 amide bonds. The predicted octanol–water partition coefficient (Wildman–Crippen LogP) is 2.14. The summed E-state index contributed by atoms with van der Waals surface area (Å²) in [6.45, 7) is 9.53. The molecule has 0 fully saturated rings. The molecule has 14 heavy (non-hydrogen) atoms. The van der Waals surface area contributed by atoms with Crippen LogP contribution in [0.3, 0.4) is 0 Å². The predicted molar refractivity (Wildman–Crippen MR) is 56.0 cm³/mol. The SMILES string of the molecule is CC(C(=O)O)C(C)C(O)CC(C)(C)C. The minimum Gasteiger partial charge on any atom is -0.481 e. The highest BCUT2D eigenvalue weighted by Crippen LogP contribution is 2.27. The summed E-state index contributed by atoms with van der Waals surface area (Å²) < 4.78 is 0. The Morgan fingerprint density at radius 2 is 1.71 bits per heavy atom. The van der Waals surface area contributed by atoms with Gasteiger partial charge in [-0.15, -0.1) is 0 Å². The molecule has 0 aliphatic heterocycles. The number of aliphatic hydroxyl groups is 1. The van der Waals surface area contributed by atoms with Gasteiger partial charge in [0.05, 0.1) is 12.0 Å². The van der Waals surface area contributed by atoms with Gasteiger partial charge in [0, 0.05) is 0 Å². The van der Waals surface area contributed by atoms with E-state index >= 15 is 0 Å². The standard InChI is InChI=1S/C11H22O3/c1-7(8(2)10(13)14)9(12)6-11(3,4)5/h7-9,12H,6H2,1-5H3,(H,13,14). The molecule has 0 aromatic heterocycles. The summed E-state index contributed by atoms with van der Waals surface area (Å²) in [6.07, 6.45) is 0.0901. The number of aliphatic carboxylic acids is 1. The molecular weight excluding hydrogens is 180 g/mol. The first-order valence-electron chi connectivity index (χ1n) is 5.06. The van der Waals surface area contributed by atoms with Crippen molar-refractivity contribution in [3.05, 3.63) is 0 Å². The molecule has 0 spiro atoms. The Morgan fingerprint density at radius 3 is 2.00 bits per heavy atom. The van der Waals surface area contributed by atoms with Gasteiger partial charge < -0.3 is 10.2 Å². The van der Waals surface area contributed by atoms with Crippen molar-refractivity contribution in [2.75, 3.05) is 0 Å². The lowest BCUT2D eigenvalue weighted by Crippen LogP contribution is -2.31. The summed E-state index contributed by atoms with van der Waals surface area (Å²) in [5.74, 6) is -1.54. The fourth-order valence-electron chi connectivity index (χ4n) is 1.37. The Hall–Kier alpha value is -0.570. The van der Waals surface area contributed by atoms with Gasteiger partial charge in [-0.05, 0) is 17.8 Å². The van der Waals surface area contributed by atoms with Gasteiger partial charge in [0.25, 0.3) is 0 Å². The molecule has 3 unspecified atom stereocenters. The molecule has 0 bridgehead atoms. The summed E-state index contributed by atoms with van der Waals surface area (Å²) in [7, 11) is 0. The smallest absolute Gasteiger partial charge is 0.306 e. The van der Waals surface area contributed by atoms with E-state index in [2.05, 4.69) is 0 Å². The van der Waals surface area contributed by atoms with Crippen LogP contribution in [0.1, 0.15) is 41.0 Å². The van der Waals surface area contributed by atoms with E-state index in [0.29, 0.717) is 6.42 Å². The van der Waals surface area contributed by atoms with Crippen molar-refractivity contribution in [3.8, 4) is 0 Å². The van der Waals surface area contributed by atoms with Gasteiger partial charge in [-0.25, -0.2) is 0 Å². The van der Waals surface area contributed by atoms with Gasteiger partial charge in [0.1, 0.15) is 0 Å². The monoisotopic (exact) mass is 202 g/mol. The lowest BCUT2D eigenvalue weighted by Gasteiger charge is -2.28. The fourth-order valence-corrected chi connectivity index (χ4v) is 1.37. The molecule has 2 N–H and O–H groups in total. The molecule has 0 saturated heterocycles. The Kier molecular flexibility index (Phi) is 4.59. The van der Waals surface area contributed by atoms with Crippen LogP contribution >= 0.6 is 0 Å². The first-order valence-corrected chi connectivity index (χ1v) is 5.06. The molecule has 0 aliphatic rings. The van der Waals surface area contributed by atoms with Crippen molar-refractivity contribution in [2.24, 2.45) is 17.3 Å². The van der Waals surface area contributed by atoms with E-state index < -0.39 is 18.0 Å². The summed E-state index contributed by atoms with van der Waals surface area (Å²) in [6, 6.07) is 0. The second kappa shape index (κ2) is 4.78. The fraction of sp³-hybridized carbons (Fsp3) is 0.909. The summed E-state index contributed by atoms with van der Waals surface area (Å²) in [5.41, 5.74) is 0.0336. The molecule has 3 nitrogen and oxygen atoms in total. The number of hydrogen-bond donors (Lipinski definition) is 2. The van der Waals surface area contributed by atoms with E-state index in [1.165, 1.54) is 0 Å². The Balaban J connectivity index is 4.25. The van der Waals surface area contributed by atoms with Crippen molar-refractivity contribution in [1.82, 2.24) is 0 Å². The minimum absolute atomic E-state index is 0.0336. The molecule has 0 heterocycles. The Morgan fingerprint density at radius 1 is 1.29 bits per heavy atom. The van der Waals surface area contributed by atoms with Crippen LogP contribution in [0.25, 0.3) is 0 Å². The molecule has 84 valence electrons. The number of carbonyl (C=O) groups is 1. The first-order chi connectivity index (χ1) is 6.15. The zero-order valence-electron chi connectivity index (χ0n) is 9.74. The van der Waals surface area contributed by atoms with Crippen LogP contribution in [-0.2, 0) is 4.79 Å². The molecule has 0 aromatic carbocycles.